The molecule has 0 saturated heterocycles. The molecule has 84 valence electrons. The standard InChI is InChI=1S/C11H21FO2/c1-9(5-3-4-8-12)6-7-10(2)11(13)14/h9-10H,3-8H2,1-2H3,(H,13,14). The number of carboxylic acid groups (broad SMARTS) is 1. The van der Waals surface area contributed by atoms with Crippen LogP contribution in [0.1, 0.15) is 46.0 Å². The number of halogens is 1. The minimum absolute atomic E-state index is 0.238. The Kier molecular flexibility index (Phi) is 7.44. The van der Waals surface area contributed by atoms with E-state index in [0.717, 1.165) is 25.7 Å². The Balaban J connectivity index is 3.43. The largest absolute Gasteiger partial charge is 0.481 e. The van der Waals surface area contributed by atoms with Crippen LogP contribution < -0.4 is 0 Å². The van der Waals surface area contributed by atoms with E-state index in [1.54, 1.807) is 6.92 Å². The maximum Gasteiger partial charge on any atom is 0.306 e. The van der Waals surface area contributed by atoms with Crippen LogP contribution in [0.4, 0.5) is 4.39 Å². The first-order chi connectivity index (χ1) is 6.57. The SMILES string of the molecule is CC(CCCCF)CCC(C)C(=O)O. The number of carboxylic acids is 1. The lowest BCUT2D eigenvalue weighted by atomic mass is 9.94. The van der Waals surface area contributed by atoms with Gasteiger partial charge in [0.05, 0.1) is 12.6 Å². The molecular formula is C11H21FO2. The van der Waals surface area contributed by atoms with Crippen LogP contribution in [-0.2, 0) is 4.79 Å². The highest BCUT2D eigenvalue weighted by Crippen LogP contribution is 2.17. The number of hydrogen-bond donors (Lipinski definition) is 1. The van der Waals surface area contributed by atoms with Gasteiger partial charge in [0.25, 0.3) is 0 Å². The van der Waals surface area contributed by atoms with Gasteiger partial charge in [0.1, 0.15) is 0 Å². The second-order valence-electron chi connectivity index (χ2n) is 4.11. The third kappa shape index (κ3) is 6.87. The van der Waals surface area contributed by atoms with Gasteiger partial charge in [0.15, 0.2) is 0 Å². The first kappa shape index (κ1) is 13.4. The molecular weight excluding hydrogens is 183 g/mol. The fraction of sp³-hybridized carbons (Fsp3) is 0.909. The smallest absolute Gasteiger partial charge is 0.306 e. The Morgan fingerprint density at radius 3 is 2.36 bits per heavy atom. The molecule has 0 aromatic carbocycles. The van der Waals surface area contributed by atoms with Crippen LogP contribution >= 0.6 is 0 Å². The molecule has 0 heterocycles. The van der Waals surface area contributed by atoms with E-state index in [2.05, 4.69) is 6.92 Å². The summed E-state index contributed by atoms with van der Waals surface area (Å²) in [5, 5.41) is 8.66. The van der Waals surface area contributed by atoms with Crippen LogP contribution in [0.25, 0.3) is 0 Å². The topological polar surface area (TPSA) is 37.3 Å². The minimum Gasteiger partial charge on any atom is -0.481 e. The summed E-state index contributed by atoms with van der Waals surface area (Å²) in [6.07, 6.45) is 4.22. The Hall–Kier alpha value is -0.600. The summed E-state index contributed by atoms with van der Waals surface area (Å²) in [7, 11) is 0. The number of aliphatic carboxylic acids is 1. The lowest BCUT2D eigenvalue weighted by Gasteiger charge is -2.12. The summed E-state index contributed by atoms with van der Waals surface area (Å²) >= 11 is 0. The van der Waals surface area contributed by atoms with E-state index in [0.29, 0.717) is 12.3 Å². The van der Waals surface area contributed by atoms with Crippen molar-refractivity contribution in [1.29, 1.82) is 0 Å². The van der Waals surface area contributed by atoms with Gasteiger partial charge in [-0.1, -0.05) is 26.7 Å². The van der Waals surface area contributed by atoms with Crippen molar-refractivity contribution in [3.05, 3.63) is 0 Å². The predicted octanol–water partition coefficient (Wildman–Crippen LogP) is 3.26. The quantitative estimate of drug-likeness (QED) is 0.616. The molecule has 0 bridgehead atoms. The van der Waals surface area contributed by atoms with Crippen molar-refractivity contribution in [2.75, 3.05) is 6.67 Å². The van der Waals surface area contributed by atoms with Crippen LogP contribution in [0.2, 0.25) is 0 Å². The van der Waals surface area contributed by atoms with E-state index in [9.17, 15) is 9.18 Å². The highest BCUT2D eigenvalue weighted by atomic mass is 19.1. The highest BCUT2D eigenvalue weighted by Gasteiger charge is 2.12. The van der Waals surface area contributed by atoms with Crippen LogP contribution in [-0.4, -0.2) is 17.8 Å². The molecule has 0 spiro atoms. The summed E-state index contributed by atoms with van der Waals surface area (Å²) in [5.41, 5.74) is 0. The lowest BCUT2D eigenvalue weighted by Crippen LogP contribution is -2.10. The second kappa shape index (κ2) is 7.77. The molecule has 1 N–H and O–H groups in total. The van der Waals surface area contributed by atoms with Crippen molar-refractivity contribution in [3.63, 3.8) is 0 Å². The third-order valence-corrected chi connectivity index (χ3v) is 2.59. The molecule has 0 aliphatic carbocycles. The zero-order valence-corrected chi connectivity index (χ0v) is 9.13. The number of rotatable bonds is 8. The molecule has 0 aromatic heterocycles. The van der Waals surface area contributed by atoms with Gasteiger partial charge in [-0.05, 0) is 25.2 Å². The Bertz CT molecular complexity index is 159. The molecule has 2 unspecified atom stereocenters. The molecule has 0 amide bonds. The monoisotopic (exact) mass is 204 g/mol. The van der Waals surface area contributed by atoms with Crippen molar-refractivity contribution < 1.29 is 14.3 Å². The van der Waals surface area contributed by atoms with Gasteiger partial charge in [0, 0.05) is 0 Å². The molecule has 0 aliphatic heterocycles. The van der Waals surface area contributed by atoms with Crippen LogP contribution in [0, 0.1) is 11.8 Å². The van der Waals surface area contributed by atoms with Gasteiger partial charge in [-0.25, -0.2) is 0 Å². The van der Waals surface area contributed by atoms with Crippen LogP contribution in [0.5, 0.6) is 0 Å². The normalized spacial score (nSPS) is 15.1. The van der Waals surface area contributed by atoms with E-state index in [1.165, 1.54) is 0 Å². The fourth-order valence-electron chi connectivity index (χ4n) is 1.39. The molecule has 0 fully saturated rings. The maximum atomic E-state index is 11.8. The average molecular weight is 204 g/mol. The van der Waals surface area contributed by atoms with E-state index in [-0.39, 0.29) is 12.6 Å². The second-order valence-corrected chi connectivity index (χ2v) is 4.11. The van der Waals surface area contributed by atoms with Gasteiger partial charge in [-0.15, -0.1) is 0 Å². The van der Waals surface area contributed by atoms with Gasteiger partial charge < -0.3 is 5.11 Å². The molecule has 0 saturated carbocycles. The van der Waals surface area contributed by atoms with Crippen molar-refractivity contribution >= 4 is 5.97 Å². The van der Waals surface area contributed by atoms with Crippen LogP contribution in [0.3, 0.4) is 0 Å². The van der Waals surface area contributed by atoms with Gasteiger partial charge in [-0.2, -0.15) is 0 Å². The summed E-state index contributed by atoms with van der Waals surface area (Å²) < 4.78 is 11.8. The molecule has 2 atom stereocenters. The molecule has 0 radical (unpaired) electrons. The predicted molar refractivity (Wildman–Crippen MR) is 55.0 cm³/mol. The molecule has 14 heavy (non-hydrogen) atoms. The van der Waals surface area contributed by atoms with Gasteiger partial charge in [0.2, 0.25) is 0 Å². The zero-order chi connectivity index (χ0) is 11.0. The van der Waals surface area contributed by atoms with E-state index < -0.39 is 5.97 Å². The van der Waals surface area contributed by atoms with Crippen LogP contribution in [0.15, 0.2) is 0 Å². The average Bonchev–Trinajstić information content (AvgIpc) is 2.14. The number of hydrogen-bond acceptors (Lipinski definition) is 1. The lowest BCUT2D eigenvalue weighted by molar-refractivity contribution is -0.141. The Labute approximate surface area is 85.5 Å². The third-order valence-electron chi connectivity index (χ3n) is 2.59. The molecule has 2 nitrogen and oxygen atoms in total. The van der Waals surface area contributed by atoms with E-state index in [1.807, 2.05) is 0 Å². The maximum absolute atomic E-state index is 11.8. The fourth-order valence-corrected chi connectivity index (χ4v) is 1.39. The van der Waals surface area contributed by atoms with Crippen molar-refractivity contribution in [3.8, 4) is 0 Å². The highest BCUT2D eigenvalue weighted by molar-refractivity contribution is 5.69. The van der Waals surface area contributed by atoms with E-state index >= 15 is 0 Å². The minimum atomic E-state index is -0.721. The van der Waals surface area contributed by atoms with Gasteiger partial charge in [-0.3, -0.25) is 9.18 Å². The first-order valence-corrected chi connectivity index (χ1v) is 5.36. The van der Waals surface area contributed by atoms with Crippen molar-refractivity contribution in [2.24, 2.45) is 11.8 Å². The molecule has 3 heteroatoms. The van der Waals surface area contributed by atoms with E-state index in [4.69, 9.17) is 5.11 Å². The zero-order valence-electron chi connectivity index (χ0n) is 9.13. The molecule has 0 aliphatic rings. The number of alkyl halides is 1. The number of carbonyl (C=O) groups is 1. The molecule has 0 aromatic rings. The van der Waals surface area contributed by atoms with Crippen molar-refractivity contribution in [2.45, 2.75) is 46.0 Å². The Morgan fingerprint density at radius 1 is 1.21 bits per heavy atom. The Morgan fingerprint density at radius 2 is 1.86 bits per heavy atom. The van der Waals surface area contributed by atoms with Gasteiger partial charge >= 0.3 is 5.97 Å². The summed E-state index contributed by atoms with van der Waals surface area (Å²) in [4.78, 5) is 10.5. The first-order valence-electron chi connectivity index (χ1n) is 5.36. The summed E-state index contributed by atoms with van der Waals surface area (Å²) in [5.74, 6) is -0.456. The number of unbranched alkanes of at least 4 members (excludes halogenated alkanes) is 1. The molecule has 0 rings (SSSR count). The summed E-state index contributed by atoms with van der Waals surface area (Å²) in [6, 6.07) is 0. The van der Waals surface area contributed by atoms with Crippen molar-refractivity contribution in [1.82, 2.24) is 0 Å². The summed E-state index contributed by atoms with van der Waals surface area (Å²) in [6.45, 7) is 3.60.